The third-order valence-corrected chi connectivity index (χ3v) is 2.90. The molecular formula is C10H11NOS2. The van der Waals surface area contributed by atoms with Gasteiger partial charge in [0, 0.05) is 6.92 Å². The molecule has 0 aliphatic rings. The second-order valence-electron chi connectivity index (χ2n) is 2.66. The van der Waals surface area contributed by atoms with Gasteiger partial charge in [-0.1, -0.05) is 42.2 Å². The quantitative estimate of drug-likeness (QED) is 0.685. The van der Waals surface area contributed by atoms with E-state index in [4.69, 9.17) is 12.2 Å². The second kappa shape index (κ2) is 5.12. The van der Waals surface area contributed by atoms with Crippen LogP contribution < -0.4 is 4.90 Å². The number of anilines is 1. The Balaban J connectivity index is 3.01. The number of carbonyl (C=O) groups is 1. The van der Waals surface area contributed by atoms with Gasteiger partial charge in [0.15, 0.2) is 0 Å². The number of amides is 1. The van der Waals surface area contributed by atoms with E-state index in [1.54, 1.807) is 0 Å². The van der Waals surface area contributed by atoms with Crippen LogP contribution in [-0.2, 0) is 4.79 Å². The van der Waals surface area contributed by atoms with Crippen LogP contribution in [0.4, 0.5) is 5.69 Å². The third kappa shape index (κ3) is 2.56. The number of rotatable bonds is 1. The topological polar surface area (TPSA) is 20.3 Å². The summed E-state index contributed by atoms with van der Waals surface area (Å²) in [6.07, 6.45) is 1.86. The second-order valence-corrected chi connectivity index (χ2v) is 4.10. The molecule has 0 N–H and O–H groups in total. The zero-order valence-electron chi connectivity index (χ0n) is 8.06. The summed E-state index contributed by atoms with van der Waals surface area (Å²) in [5.41, 5.74) is 0.819. The molecule has 0 aliphatic heterocycles. The summed E-state index contributed by atoms with van der Waals surface area (Å²) in [6.45, 7) is 1.51. The Labute approximate surface area is 93.3 Å². The normalized spacial score (nSPS) is 9.57. The van der Waals surface area contributed by atoms with Crippen molar-refractivity contribution in [1.82, 2.24) is 0 Å². The lowest BCUT2D eigenvalue weighted by molar-refractivity contribution is -0.115. The molecule has 1 amide bonds. The molecule has 1 aromatic rings. The van der Waals surface area contributed by atoms with E-state index in [2.05, 4.69) is 0 Å². The highest BCUT2D eigenvalue weighted by atomic mass is 32.2. The number of carbonyl (C=O) groups excluding carboxylic acids is 1. The molecule has 0 unspecified atom stereocenters. The van der Waals surface area contributed by atoms with Crippen molar-refractivity contribution in [2.75, 3.05) is 11.2 Å². The smallest absolute Gasteiger partial charge is 0.229 e. The molecule has 0 atom stereocenters. The van der Waals surface area contributed by atoms with E-state index in [1.165, 1.54) is 23.6 Å². The van der Waals surface area contributed by atoms with Crippen LogP contribution in [0, 0.1) is 0 Å². The van der Waals surface area contributed by atoms with Gasteiger partial charge in [-0.05, 0) is 18.4 Å². The molecule has 0 aliphatic carbocycles. The molecule has 0 spiro atoms. The van der Waals surface area contributed by atoms with E-state index in [0.717, 1.165) is 5.69 Å². The lowest BCUT2D eigenvalue weighted by atomic mass is 10.3. The van der Waals surface area contributed by atoms with Crippen molar-refractivity contribution in [1.29, 1.82) is 0 Å². The van der Waals surface area contributed by atoms with E-state index in [0.29, 0.717) is 4.32 Å². The molecule has 4 heteroatoms. The Morgan fingerprint density at radius 3 is 2.36 bits per heavy atom. The number of hydrogen-bond donors (Lipinski definition) is 0. The summed E-state index contributed by atoms with van der Waals surface area (Å²) in [6, 6.07) is 9.40. The van der Waals surface area contributed by atoms with Gasteiger partial charge in [-0.25, -0.2) is 0 Å². The predicted molar refractivity (Wildman–Crippen MR) is 65.7 cm³/mol. The SMILES string of the molecule is CSC(=S)N(C(C)=O)c1ccccc1. The van der Waals surface area contributed by atoms with Crippen LogP contribution in [0.25, 0.3) is 0 Å². The van der Waals surface area contributed by atoms with Crippen molar-refractivity contribution in [3.8, 4) is 0 Å². The van der Waals surface area contributed by atoms with Crippen LogP contribution in [0.5, 0.6) is 0 Å². The minimum Gasteiger partial charge on any atom is -0.274 e. The molecule has 0 saturated carbocycles. The summed E-state index contributed by atoms with van der Waals surface area (Å²) < 4.78 is 0.573. The molecule has 0 saturated heterocycles. The fraction of sp³-hybridized carbons (Fsp3) is 0.200. The van der Waals surface area contributed by atoms with Gasteiger partial charge in [-0.2, -0.15) is 0 Å². The molecule has 14 heavy (non-hydrogen) atoms. The van der Waals surface area contributed by atoms with Crippen LogP contribution in [0.3, 0.4) is 0 Å². The molecule has 74 valence electrons. The van der Waals surface area contributed by atoms with E-state index in [-0.39, 0.29) is 5.91 Å². The fourth-order valence-electron chi connectivity index (χ4n) is 1.08. The Morgan fingerprint density at radius 2 is 1.93 bits per heavy atom. The minimum absolute atomic E-state index is 0.0597. The van der Waals surface area contributed by atoms with Gasteiger partial charge in [0.1, 0.15) is 4.32 Å². The fourth-order valence-corrected chi connectivity index (χ4v) is 1.73. The molecule has 0 aromatic heterocycles. The van der Waals surface area contributed by atoms with E-state index in [1.807, 2.05) is 36.6 Å². The Hall–Kier alpha value is -0.870. The highest BCUT2D eigenvalue weighted by molar-refractivity contribution is 8.23. The first-order valence-electron chi connectivity index (χ1n) is 4.10. The standard InChI is InChI=1S/C10H11NOS2/c1-8(12)11(10(13)14-2)9-6-4-3-5-7-9/h3-7H,1-2H3. The lowest BCUT2D eigenvalue weighted by Crippen LogP contribution is -2.31. The summed E-state index contributed by atoms with van der Waals surface area (Å²) in [5.74, 6) is -0.0597. The summed E-state index contributed by atoms with van der Waals surface area (Å²) in [7, 11) is 0. The first kappa shape index (κ1) is 11.2. The largest absolute Gasteiger partial charge is 0.274 e. The van der Waals surface area contributed by atoms with Crippen LogP contribution in [0.1, 0.15) is 6.92 Å². The number of para-hydroxylation sites is 1. The number of thioether (sulfide) groups is 1. The predicted octanol–water partition coefficient (Wildman–Crippen LogP) is 2.69. The molecule has 0 heterocycles. The Morgan fingerprint density at radius 1 is 1.36 bits per heavy atom. The number of hydrogen-bond acceptors (Lipinski definition) is 3. The average molecular weight is 225 g/mol. The number of thiocarbonyl (C=S) groups is 1. The minimum atomic E-state index is -0.0597. The van der Waals surface area contributed by atoms with Crippen molar-refractivity contribution >= 4 is 39.9 Å². The zero-order chi connectivity index (χ0) is 10.6. The highest BCUT2D eigenvalue weighted by Crippen LogP contribution is 2.18. The number of benzene rings is 1. The average Bonchev–Trinajstić information content (AvgIpc) is 2.19. The van der Waals surface area contributed by atoms with Gasteiger partial charge in [-0.15, -0.1) is 0 Å². The summed E-state index contributed by atoms with van der Waals surface area (Å²) in [4.78, 5) is 12.9. The first-order valence-corrected chi connectivity index (χ1v) is 5.74. The molecule has 1 aromatic carbocycles. The van der Waals surface area contributed by atoms with Crippen molar-refractivity contribution < 1.29 is 4.79 Å². The van der Waals surface area contributed by atoms with E-state index < -0.39 is 0 Å². The summed E-state index contributed by atoms with van der Waals surface area (Å²) >= 11 is 6.50. The monoisotopic (exact) mass is 225 g/mol. The Bertz CT molecular complexity index is 337. The van der Waals surface area contributed by atoms with Gasteiger partial charge < -0.3 is 0 Å². The van der Waals surface area contributed by atoms with E-state index in [9.17, 15) is 4.79 Å². The van der Waals surface area contributed by atoms with Crippen molar-refractivity contribution in [3.63, 3.8) is 0 Å². The lowest BCUT2D eigenvalue weighted by Gasteiger charge is -2.20. The maximum atomic E-state index is 11.4. The maximum Gasteiger partial charge on any atom is 0.229 e. The van der Waals surface area contributed by atoms with Gasteiger partial charge >= 0.3 is 0 Å². The maximum absolute atomic E-state index is 11.4. The van der Waals surface area contributed by atoms with Crippen LogP contribution >= 0.6 is 24.0 Å². The van der Waals surface area contributed by atoms with Crippen LogP contribution in [0.15, 0.2) is 30.3 Å². The number of nitrogens with zero attached hydrogens (tertiary/aromatic N) is 1. The van der Waals surface area contributed by atoms with Crippen molar-refractivity contribution in [2.45, 2.75) is 6.92 Å². The van der Waals surface area contributed by atoms with E-state index >= 15 is 0 Å². The molecule has 0 fully saturated rings. The molecule has 1 rings (SSSR count). The van der Waals surface area contributed by atoms with Gasteiger partial charge in [0.2, 0.25) is 5.91 Å². The molecule has 0 radical (unpaired) electrons. The third-order valence-electron chi connectivity index (χ3n) is 1.69. The van der Waals surface area contributed by atoms with Crippen molar-refractivity contribution in [3.05, 3.63) is 30.3 Å². The Kier molecular flexibility index (Phi) is 4.10. The van der Waals surface area contributed by atoms with Gasteiger partial charge in [0.25, 0.3) is 0 Å². The van der Waals surface area contributed by atoms with Crippen LogP contribution in [0.2, 0.25) is 0 Å². The van der Waals surface area contributed by atoms with Crippen LogP contribution in [-0.4, -0.2) is 16.5 Å². The first-order chi connectivity index (χ1) is 6.66. The molecule has 2 nitrogen and oxygen atoms in total. The molecular weight excluding hydrogens is 214 g/mol. The van der Waals surface area contributed by atoms with Crippen molar-refractivity contribution in [2.24, 2.45) is 0 Å². The summed E-state index contributed by atoms with van der Waals surface area (Å²) in [5, 5.41) is 0. The highest BCUT2D eigenvalue weighted by Gasteiger charge is 2.14. The molecule has 0 bridgehead atoms. The zero-order valence-corrected chi connectivity index (χ0v) is 9.69. The van der Waals surface area contributed by atoms with Gasteiger partial charge in [0.05, 0.1) is 5.69 Å². The van der Waals surface area contributed by atoms with Gasteiger partial charge in [-0.3, -0.25) is 9.69 Å².